The lowest BCUT2D eigenvalue weighted by molar-refractivity contribution is 0.263. The summed E-state index contributed by atoms with van der Waals surface area (Å²) in [5.41, 5.74) is 3.04. The number of benzene rings is 1. The number of halogens is 1. The van der Waals surface area contributed by atoms with Crippen molar-refractivity contribution in [2.45, 2.75) is 38.5 Å². The monoisotopic (exact) mass is 365 g/mol. The average Bonchev–Trinajstić information content (AvgIpc) is 3.11. The van der Waals surface area contributed by atoms with Gasteiger partial charge in [0.2, 0.25) is 0 Å². The van der Waals surface area contributed by atoms with Gasteiger partial charge in [-0.25, -0.2) is 0 Å². The van der Waals surface area contributed by atoms with Crippen molar-refractivity contribution in [1.82, 2.24) is 4.90 Å². The highest BCUT2D eigenvalue weighted by atomic mass is 35.5. The van der Waals surface area contributed by atoms with Crippen molar-refractivity contribution in [3.8, 4) is 5.75 Å². The zero-order chi connectivity index (χ0) is 16.1. The van der Waals surface area contributed by atoms with Crippen molar-refractivity contribution in [2.75, 3.05) is 26.7 Å². The quantitative estimate of drug-likeness (QED) is 0.671. The maximum Gasteiger partial charge on any atom is 0.119 e. The fourth-order valence-corrected chi connectivity index (χ4v) is 4.32. The third kappa shape index (κ3) is 4.75. The number of methoxy groups -OCH3 is 1. The van der Waals surface area contributed by atoms with Gasteiger partial charge in [0.25, 0.3) is 0 Å². The van der Waals surface area contributed by atoms with Crippen LogP contribution in [-0.4, -0.2) is 31.6 Å². The summed E-state index contributed by atoms with van der Waals surface area (Å²) in [6, 6.07) is 11.1. The molecule has 1 aliphatic carbocycles. The maximum absolute atomic E-state index is 5.39. The van der Waals surface area contributed by atoms with Crippen molar-refractivity contribution in [3.63, 3.8) is 0 Å². The molecule has 0 saturated heterocycles. The van der Waals surface area contributed by atoms with Crippen molar-refractivity contribution in [3.05, 3.63) is 51.7 Å². The molecule has 1 atom stereocenters. The van der Waals surface area contributed by atoms with Crippen LogP contribution in [0.1, 0.15) is 41.7 Å². The van der Waals surface area contributed by atoms with Crippen LogP contribution >= 0.6 is 23.7 Å². The van der Waals surface area contributed by atoms with E-state index in [1.165, 1.54) is 49.2 Å². The van der Waals surface area contributed by atoms with Crippen molar-refractivity contribution in [1.29, 1.82) is 0 Å². The first kappa shape index (κ1) is 19.3. The van der Waals surface area contributed by atoms with Crippen LogP contribution < -0.4 is 4.74 Å². The van der Waals surface area contributed by atoms with Crippen molar-refractivity contribution < 1.29 is 4.74 Å². The van der Waals surface area contributed by atoms with E-state index < -0.39 is 0 Å². The van der Waals surface area contributed by atoms with Gasteiger partial charge in [-0.2, -0.15) is 0 Å². The average molecular weight is 366 g/mol. The molecule has 0 aliphatic heterocycles. The minimum Gasteiger partial charge on any atom is -0.497 e. The Hall–Kier alpha value is -1.03. The Labute approximate surface area is 156 Å². The summed E-state index contributed by atoms with van der Waals surface area (Å²) >= 11 is 1.87. The molecule has 3 rings (SSSR count). The highest BCUT2D eigenvalue weighted by Crippen LogP contribution is 2.34. The summed E-state index contributed by atoms with van der Waals surface area (Å²) in [7, 11) is 1.76. The van der Waals surface area contributed by atoms with E-state index in [0.29, 0.717) is 5.92 Å². The molecule has 132 valence electrons. The molecule has 24 heavy (non-hydrogen) atoms. The molecule has 0 bridgehead atoms. The summed E-state index contributed by atoms with van der Waals surface area (Å²) < 4.78 is 5.39. The fourth-order valence-electron chi connectivity index (χ4n) is 3.62. The first-order valence-electron chi connectivity index (χ1n) is 8.71. The second-order valence-electron chi connectivity index (χ2n) is 6.38. The van der Waals surface area contributed by atoms with E-state index in [2.05, 4.69) is 47.5 Å². The standard InChI is InChI=1S/C20H27NOS.ClH/c1-3-21(12-11-19-8-5-13-23-19)15-17-7-4-6-16-14-18(22-2)9-10-20(16)17;/h5,8-10,13-14,17H,3-4,6-7,11-12,15H2,1-2H3;1H. The number of ether oxygens (including phenoxy) is 1. The Balaban J connectivity index is 0.00000208. The predicted octanol–water partition coefficient (Wildman–Crippen LogP) is 5.16. The van der Waals surface area contributed by atoms with Gasteiger partial charge in [-0.05, 0) is 72.9 Å². The molecule has 1 heterocycles. The molecule has 1 aromatic heterocycles. The second-order valence-corrected chi connectivity index (χ2v) is 7.41. The maximum atomic E-state index is 5.39. The molecule has 0 saturated carbocycles. The van der Waals surface area contributed by atoms with Crippen LogP contribution in [0.4, 0.5) is 0 Å². The van der Waals surface area contributed by atoms with Crippen LogP contribution in [-0.2, 0) is 12.8 Å². The number of aryl methyl sites for hydroxylation is 1. The number of nitrogens with zero attached hydrogens (tertiary/aromatic N) is 1. The number of hydrogen-bond donors (Lipinski definition) is 0. The van der Waals surface area contributed by atoms with Crippen LogP contribution in [0, 0.1) is 0 Å². The topological polar surface area (TPSA) is 12.5 Å². The Bertz CT molecular complexity index is 614. The molecule has 0 amide bonds. The molecule has 0 radical (unpaired) electrons. The van der Waals surface area contributed by atoms with E-state index in [-0.39, 0.29) is 12.4 Å². The van der Waals surface area contributed by atoms with Crippen LogP contribution in [0.3, 0.4) is 0 Å². The molecular weight excluding hydrogens is 338 g/mol. The first-order chi connectivity index (χ1) is 11.3. The van der Waals surface area contributed by atoms with Gasteiger partial charge in [-0.1, -0.05) is 19.1 Å². The Kier molecular flexibility index (Phi) is 7.60. The summed E-state index contributed by atoms with van der Waals surface area (Å²) in [5.74, 6) is 1.67. The van der Waals surface area contributed by atoms with Crippen molar-refractivity contribution in [2.24, 2.45) is 0 Å². The molecule has 0 spiro atoms. The molecule has 4 heteroatoms. The van der Waals surface area contributed by atoms with Gasteiger partial charge in [-0.15, -0.1) is 23.7 Å². The molecular formula is C20H28ClNOS. The van der Waals surface area contributed by atoms with Gasteiger partial charge >= 0.3 is 0 Å². The van der Waals surface area contributed by atoms with E-state index in [1.807, 2.05) is 11.3 Å². The molecule has 2 nitrogen and oxygen atoms in total. The van der Waals surface area contributed by atoms with Gasteiger partial charge in [0.1, 0.15) is 5.75 Å². The highest BCUT2D eigenvalue weighted by Gasteiger charge is 2.22. The van der Waals surface area contributed by atoms with E-state index in [4.69, 9.17) is 4.74 Å². The van der Waals surface area contributed by atoms with Crippen molar-refractivity contribution >= 4 is 23.7 Å². The SMILES string of the molecule is CCN(CCc1cccs1)CC1CCCc2cc(OC)ccc21.Cl. The van der Waals surface area contributed by atoms with Gasteiger partial charge in [0.05, 0.1) is 7.11 Å². The summed E-state index contributed by atoms with van der Waals surface area (Å²) in [4.78, 5) is 4.11. The zero-order valence-electron chi connectivity index (χ0n) is 14.7. The smallest absolute Gasteiger partial charge is 0.119 e. The van der Waals surface area contributed by atoms with Gasteiger partial charge < -0.3 is 9.64 Å². The van der Waals surface area contributed by atoms with Crippen LogP contribution in [0.2, 0.25) is 0 Å². The molecule has 1 unspecified atom stereocenters. The number of likely N-dealkylation sites (N-methyl/N-ethyl adjacent to an activating group) is 1. The minimum absolute atomic E-state index is 0. The zero-order valence-corrected chi connectivity index (χ0v) is 16.3. The van der Waals surface area contributed by atoms with Crippen LogP contribution in [0.5, 0.6) is 5.75 Å². The van der Waals surface area contributed by atoms with E-state index in [0.717, 1.165) is 12.3 Å². The minimum atomic E-state index is 0. The summed E-state index contributed by atoms with van der Waals surface area (Å²) in [5, 5.41) is 2.18. The van der Waals surface area contributed by atoms with Crippen LogP contribution in [0.25, 0.3) is 0 Å². The highest BCUT2D eigenvalue weighted by molar-refractivity contribution is 7.09. The molecule has 1 aromatic carbocycles. The molecule has 1 aliphatic rings. The Morgan fingerprint density at radius 1 is 1.29 bits per heavy atom. The van der Waals surface area contributed by atoms with Crippen LogP contribution in [0.15, 0.2) is 35.7 Å². The third-order valence-electron chi connectivity index (χ3n) is 4.97. The molecule has 2 aromatic rings. The second kappa shape index (κ2) is 9.45. The largest absolute Gasteiger partial charge is 0.497 e. The third-order valence-corrected chi connectivity index (χ3v) is 5.91. The number of hydrogen-bond acceptors (Lipinski definition) is 3. The number of fused-ring (bicyclic) bond motifs is 1. The van der Waals surface area contributed by atoms with Gasteiger partial charge in [0, 0.05) is 18.0 Å². The lowest BCUT2D eigenvalue weighted by Crippen LogP contribution is -2.31. The van der Waals surface area contributed by atoms with E-state index in [1.54, 1.807) is 12.7 Å². The summed E-state index contributed by atoms with van der Waals surface area (Å²) in [6.45, 7) is 5.76. The fraction of sp³-hybridized carbons (Fsp3) is 0.500. The normalized spacial score (nSPS) is 16.5. The lowest BCUT2D eigenvalue weighted by Gasteiger charge is -2.31. The Morgan fingerprint density at radius 2 is 2.17 bits per heavy atom. The number of rotatable bonds is 7. The van der Waals surface area contributed by atoms with E-state index >= 15 is 0 Å². The number of thiophene rings is 1. The van der Waals surface area contributed by atoms with Gasteiger partial charge in [-0.3, -0.25) is 0 Å². The molecule has 0 N–H and O–H groups in total. The predicted molar refractivity (Wildman–Crippen MR) is 106 cm³/mol. The lowest BCUT2D eigenvalue weighted by atomic mass is 9.82. The first-order valence-corrected chi connectivity index (χ1v) is 9.59. The van der Waals surface area contributed by atoms with Gasteiger partial charge in [0.15, 0.2) is 0 Å². The van der Waals surface area contributed by atoms with E-state index in [9.17, 15) is 0 Å². The summed E-state index contributed by atoms with van der Waals surface area (Å²) in [6.07, 6.45) is 4.99. The Morgan fingerprint density at radius 3 is 2.88 bits per heavy atom. The molecule has 0 fully saturated rings.